The quantitative estimate of drug-likeness (QED) is 0.0342. The zero-order valence-corrected chi connectivity index (χ0v) is 29.0. The van der Waals surface area contributed by atoms with Crippen molar-refractivity contribution in [2.75, 3.05) is 5.75 Å². The van der Waals surface area contributed by atoms with Gasteiger partial charge in [-0.15, -0.1) is 11.8 Å². The van der Waals surface area contributed by atoms with Crippen LogP contribution in [0.5, 0.6) is 0 Å². The number of aromatic carboxylic acids is 1. The van der Waals surface area contributed by atoms with Crippen molar-refractivity contribution in [2.24, 2.45) is 0 Å². The number of carboxylic acid groups (broad SMARTS) is 1. The van der Waals surface area contributed by atoms with Crippen LogP contribution < -0.4 is 10.8 Å². The van der Waals surface area contributed by atoms with Crippen molar-refractivity contribution in [1.82, 2.24) is 15.8 Å². The Morgan fingerprint density at radius 3 is 2.25 bits per heavy atom. The van der Waals surface area contributed by atoms with Crippen molar-refractivity contribution in [1.29, 1.82) is 0 Å². The molecule has 11 nitrogen and oxygen atoms in total. The molecule has 0 aliphatic carbocycles. The molecule has 2 amide bonds. The Bertz CT molecular complexity index is 1770. The number of ether oxygens (including phenoxy) is 2. The number of thioether (sulfide) groups is 1. The number of aliphatic hydroxyl groups excluding tert-OH is 1. The zero-order valence-electron chi connectivity index (χ0n) is 28.2. The smallest absolute Gasteiger partial charge is 0.338 e. The summed E-state index contributed by atoms with van der Waals surface area (Å²) in [4.78, 5) is 39.6. The monoisotopic (exact) mass is 713 g/mol. The third kappa shape index (κ3) is 11.2. The van der Waals surface area contributed by atoms with Crippen LogP contribution in [0.4, 0.5) is 0 Å². The van der Waals surface area contributed by atoms with Crippen LogP contribution in [-0.2, 0) is 32.2 Å². The van der Waals surface area contributed by atoms with Crippen LogP contribution in [0, 0.1) is 0 Å². The van der Waals surface area contributed by atoms with Crippen molar-refractivity contribution in [3.8, 4) is 11.1 Å². The largest absolute Gasteiger partial charge is 0.478 e. The third-order valence-electron chi connectivity index (χ3n) is 8.61. The molecule has 1 fully saturated rings. The number of aromatic nitrogens is 1. The van der Waals surface area contributed by atoms with Crippen LogP contribution in [0.3, 0.4) is 0 Å². The first-order chi connectivity index (χ1) is 24.8. The normalized spacial score (nSPS) is 17.1. The van der Waals surface area contributed by atoms with E-state index < -0.39 is 18.2 Å². The average molecular weight is 714 g/mol. The summed E-state index contributed by atoms with van der Waals surface area (Å²) in [5, 5.41) is 31.2. The van der Waals surface area contributed by atoms with Crippen LogP contribution in [0.2, 0.25) is 0 Å². The Morgan fingerprint density at radius 2 is 1.53 bits per heavy atom. The van der Waals surface area contributed by atoms with Gasteiger partial charge in [0.05, 0.1) is 24.4 Å². The maximum atomic E-state index is 12.5. The molecule has 0 saturated carbocycles. The van der Waals surface area contributed by atoms with Crippen LogP contribution in [0.25, 0.3) is 11.1 Å². The van der Waals surface area contributed by atoms with Gasteiger partial charge in [-0.25, -0.2) is 15.3 Å². The van der Waals surface area contributed by atoms with E-state index in [1.165, 1.54) is 11.8 Å². The lowest BCUT2D eigenvalue weighted by Crippen LogP contribution is -2.31. The van der Waals surface area contributed by atoms with Gasteiger partial charge >= 0.3 is 5.97 Å². The van der Waals surface area contributed by atoms with Crippen molar-refractivity contribution >= 4 is 29.5 Å². The van der Waals surface area contributed by atoms with Crippen LogP contribution in [-0.4, -0.2) is 50.0 Å². The van der Waals surface area contributed by atoms with E-state index in [-0.39, 0.29) is 36.7 Å². The highest BCUT2D eigenvalue weighted by atomic mass is 32.2. The number of carbonyl (C=O) groups excluding carboxylic acids is 2. The first-order valence-corrected chi connectivity index (χ1v) is 18.0. The number of nitrogens with zero attached hydrogens (tertiary/aromatic N) is 1. The number of pyridine rings is 1. The highest BCUT2D eigenvalue weighted by Crippen LogP contribution is 2.40. The molecule has 3 aromatic carbocycles. The molecule has 0 bridgehead atoms. The predicted molar refractivity (Wildman–Crippen MR) is 192 cm³/mol. The fourth-order valence-electron chi connectivity index (χ4n) is 5.86. The Balaban J connectivity index is 1.24. The summed E-state index contributed by atoms with van der Waals surface area (Å²) in [6.45, 7) is 0.345. The van der Waals surface area contributed by atoms with Gasteiger partial charge in [-0.1, -0.05) is 73.5 Å². The van der Waals surface area contributed by atoms with Crippen LogP contribution in [0.15, 0.2) is 96.2 Å². The number of rotatable bonds is 17. The minimum atomic E-state index is -1.03. The molecule has 1 aliphatic heterocycles. The molecule has 0 spiro atoms. The molecule has 1 saturated heterocycles. The lowest BCUT2D eigenvalue weighted by atomic mass is 9.99. The lowest BCUT2D eigenvalue weighted by molar-refractivity contribution is -0.245. The number of unbranched alkanes of at least 4 members (excludes halogenated alkanes) is 3. The number of amides is 2. The van der Waals surface area contributed by atoms with E-state index >= 15 is 0 Å². The molecule has 268 valence electrons. The molecule has 5 rings (SSSR count). The third-order valence-corrected chi connectivity index (χ3v) is 9.75. The van der Waals surface area contributed by atoms with Gasteiger partial charge in [-0.05, 0) is 64.9 Å². The molecule has 3 atom stereocenters. The van der Waals surface area contributed by atoms with Crippen molar-refractivity contribution < 1.29 is 39.3 Å². The fourth-order valence-corrected chi connectivity index (χ4v) is 6.86. The van der Waals surface area contributed by atoms with Gasteiger partial charge in [-0.2, -0.15) is 0 Å². The minimum absolute atomic E-state index is 0.0300. The molecule has 1 aromatic heterocycles. The molecule has 0 unspecified atom stereocenters. The number of hydroxylamine groups is 1. The van der Waals surface area contributed by atoms with Crippen LogP contribution >= 0.6 is 11.8 Å². The molecule has 2 heterocycles. The fraction of sp³-hybridized carbons (Fsp3) is 0.333. The minimum Gasteiger partial charge on any atom is -0.478 e. The Kier molecular flexibility index (Phi) is 14.1. The first kappa shape index (κ1) is 37.7. The average Bonchev–Trinajstić information content (AvgIpc) is 3.17. The molecular formula is C39H43N3O8S. The zero-order chi connectivity index (χ0) is 36.0. The lowest BCUT2D eigenvalue weighted by Gasteiger charge is -2.36. The SMILES string of the molecule is O=C(CCCCCCC(=O)NCc1cccc(-c2cccc([C@H]3O[C@@H](CSc4ncccc4C(=O)O)C[C@@H](c4ccc(CO)cc4)O3)c2)c1)NO. The summed E-state index contributed by atoms with van der Waals surface area (Å²) >= 11 is 1.34. The molecule has 12 heteroatoms. The van der Waals surface area contributed by atoms with E-state index in [9.17, 15) is 24.6 Å². The summed E-state index contributed by atoms with van der Waals surface area (Å²) < 4.78 is 13.1. The molecule has 51 heavy (non-hydrogen) atoms. The van der Waals surface area contributed by atoms with Gasteiger partial charge in [0.25, 0.3) is 0 Å². The highest BCUT2D eigenvalue weighted by Gasteiger charge is 2.33. The second kappa shape index (κ2) is 19.1. The van der Waals surface area contributed by atoms with E-state index in [2.05, 4.69) is 10.3 Å². The van der Waals surface area contributed by atoms with Gasteiger partial charge < -0.3 is 25.0 Å². The molecule has 5 N–H and O–H groups in total. The summed E-state index contributed by atoms with van der Waals surface area (Å²) in [7, 11) is 0. The second-order valence-corrected chi connectivity index (χ2v) is 13.4. The molecule has 0 radical (unpaired) electrons. The maximum Gasteiger partial charge on any atom is 0.338 e. The van der Waals surface area contributed by atoms with E-state index in [1.807, 2.05) is 72.8 Å². The van der Waals surface area contributed by atoms with Gasteiger partial charge in [0.2, 0.25) is 11.8 Å². The van der Waals surface area contributed by atoms with Crippen molar-refractivity contribution in [2.45, 2.75) is 81.6 Å². The summed E-state index contributed by atoms with van der Waals surface area (Å²) in [5.41, 5.74) is 7.27. The van der Waals surface area contributed by atoms with E-state index in [0.29, 0.717) is 36.6 Å². The highest BCUT2D eigenvalue weighted by molar-refractivity contribution is 7.99. The predicted octanol–water partition coefficient (Wildman–Crippen LogP) is 6.74. The number of hydrogen-bond acceptors (Lipinski definition) is 9. The number of carbonyl (C=O) groups is 3. The maximum absolute atomic E-state index is 12.5. The Labute approximate surface area is 301 Å². The van der Waals surface area contributed by atoms with Gasteiger partial charge in [-0.3, -0.25) is 14.8 Å². The number of aliphatic hydroxyl groups is 1. The molecule has 1 aliphatic rings. The standard InChI is InChI=1S/C39H43N3O8S/c43-24-26-15-17-28(18-16-26)34-22-32(25-51-37-33(38(46)47)12-7-19-40-37)49-39(50-34)31-11-6-10-30(21-31)29-9-5-8-27(20-29)23-41-35(44)13-3-1-2-4-14-36(45)42-48/h5-12,15-21,32,34,39,43,48H,1-4,13-14,22-25H2,(H,41,44)(H,42,45)(H,46,47)/t32-,34+,39+/m1/s1. The van der Waals surface area contributed by atoms with E-state index in [0.717, 1.165) is 52.6 Å². The van der Waals surface area contributed by atoms with Crippen molar-refractivity contribution in [3.05, 3.63) is 119 Å². The van der Waals surface area contributed by atoms with E-state index in [4.69, 9.17) is 14.7 Å². The Morgan fingerprint density at radius 1 is 0.804 bits per heavy atom. The second-order valence-electron chi connectivity index (χ2n) is 12.4. The van der Waals surface area contributed by atoms with E-state index in [1.54, 1.807) is 23.8 Å². The number of nitrogens with one attached hydrogen (secondary N) is 2. The van der Waals surface area contributed by atoms with Crippen LogP contribution in [0.1, 0.15) is 90.0 Å². The number of carboxylic acids is 1. The van der Waals surface area contributed by atoms with Crippen molar-refractivity contribution in [3.63, 3.8) is 0 Å². The van der Waals surface area contributed by atoms with Gasteiger partial charge in [0.1, 0.15) is 5.03 Å². The molecule has 4 aromatic rings. The molecular weight excluding hydrogens is 671 g/mol. The topological polar surface area (TPSA) is 167 Å². The first-order valence-electron chi connectivity index (χ1n) is 17.0. The summed E-state index contributed by atoms with van der Waals surface area (Å²) in [6, 6.07) is 26.8. The van der Waals surface area contributed by atoms with Gasteiger partial charge in [0, 0.05) is 43.3 Å². The number of hydrogen-bond donors (Lipinski definition) is 5. The summed E-state index contributed by atoms with van der Waals surface area (Å²) in [5.74, 6) is -0.985. The summed E-state index contributed by atoms with van der Waals surface area (Å²) in [6.07, 6.45) is 4.59. The Hall–Kier alpha value is -4.59. The number of benzene rings is 3. The van der Waals surface area contributed by atoms with Gasteiger partial charge in [0.15, 0.2) is 6.29 Å².